The Balaban J connectivity index is 1.99. The van der Waals surface area contributed by atoms with Crippen LogP contribution in [-0.2, 0) is 16.4 Å². The molecule has 2 heterocycles. The van der Waals surface area contributed by atoms with Crippen molar-refractivity contribution in [3.63, 3.8) is 0 Å². The van der Waals surface area contributed by atoms with Gasteiger partial charge in [0.05, 0.1) is 5.69 Å². The number of para-hydroxylation sites is 1. The van der Waals surface area contributed by atoms with Crippen molar-refractivity contribution in [2.75, 3.05) is 10.8 Å². The van der Waals surface area contributed by atoms with Crippen molar-refractivity contribution in [1.29, 1.82) is 0 Å². The van der Waals surface area contributed by atoms with Crippen molar-refractivity contribution in [2.24, 2.45) is 0 Å². The van der Waals surface area contributed by atoms with Gasteiger partial charge in [-0.2, -0.15) is 0 Å². The normalized spacial score (nSPS) is 30.6. The van der Waals surface area contributed by atoms with E-state index in [0.717, 1.165) is 17.7 Å². The highest BCUT2D eigenvalue weighted by atomic mass is 32.2. The van der Waals surface area contributed by atoms with Crippen molar-refractivity contribution in [3.8, 4) is 0 Å². The first-order valence-corrected chi connectivity index (χ1v) is 8.12. The average molecular weight is 281 g/mol. The van der Waals surface area contributed by atoms with Crippen molar-refractivity contribution in [2.45, 2.75) is 37.6 Å². The third kappa shape index (κ3) is 1.94. The summed E-state index contributed by atoms with van der Waals surface area (Å²) in [7, 11) is -3.34. The van der Waals surface area contributed by atoms with Gasteiger partial charge in [0.25, 0.3) is 0 Å². The zero-order chi connectivity index (χ0) is 13.6. The van der Waals surface area contributed by atoms with E-state index in [2.05, 4.69) is 10.9 Å². The molecular formula is C13H19N3O2S. The van der Waals surface area contributed by atoms with E-state index >= 15 is 0 Å². The molecule has 0 aromatic heterocycles. The molecular weight excluding hydrogens is 262 g/mol. The Labute approximate surface area is 114 Å². The van der Waals surface area contributed by atoms with Gasteiger partial charge < -0.3 is 0 Å². The number of rotatable bonds is 2. The zero-order valence-electron chi connectivity index (χ0n) is 11.1. The van der Waals surface area contributed by atoms with E-state index in [-0.39, 0.29) is 12.1 Å². The molecule has 1 aromatic rings. The molecule has 0 saturated carbocycles. The lowest BCUT2D eigenvalue weighted by molar-refractivity contribution is 0.555. The molecule has 0 bridgehead atoms. The molecule has 0 aliphatic carbocycles. The lowest BCUT2D eigenvalue weighted by Gasteiger charge is -2.27. The summed E-state index contributed by atoms with van der Waals surface area (Å²) in [6.07, 6.45) is 0.797. The smallest absolute Gasteiger partial charge is 0.241 e. The maximum absolute atomic E-state index is 12.9. The van der Waals surface area contributed by atoms with Crippen LogP contribution < -0.4 is 15.2 Å². The number of fused-ring (bicyclic) bond motifs is 1. The predicted molar refractivity (Wildman–Crippen MR) is 75.4 cm³/mol. The Morgan fingerprint density at radius 2 is 1.79 bits per heavy atom. The summed E-state index contributed by atoms with van der Waals surface area (Å²) in [5, 5.41) is -0.432. The molecule has 104 valence electrons. The summed E-state index contributed by atoms with van der Waals surface area (Å²) in [6, 6.07) is 7.57. The third-order valence-electron chi connectivity index (χ3n) is 4.02. The summed E-state index contributed by atoms with van der Waals surface area (Å²) < 4.78 is 27.3. The fraction of sp³-hybridized carbons (Fsp3) is 0.538. The van der Waals surface area contributed by atoms with E-state index in [1.807, 2.05) is 38.1 Å². The van der Waals surface area contributed by atoms with Gasteiger partial charge in [-0.25, -0.2) is 8.42 Å². The Kier molecular flexibility index (Phi) is 3.03. The summed E-state index contributed by atoms with van der Waals surface area (Å²) in [4.78, 5) is 0. The van der Waals surface area contributed by atoms with Gasteiger partial charge >= 0.3 is 0 Å². The van der Waals surface area contributed by atoms with Gasteiger partial charge in [-0.3, -0.25) is 15.2 Å². The second-order valence-electron chi connectivity index (χ2n) is 5.33. The minimum absolute atomic E-state index is 0.0900. The Morgan fingerprint density at radius 1 is 1.16 bits per heavy atom. The van der Waals surface area contributed by atoms with Gasteiger partial charge in [0.1, 0.15) is 5.25 Å². The van der Waals surface area contributed by atoms with Crippen molar-refractivity contribution >= 4 is 15.7 Å². The molecule has 6 heteroatoms. The molecule has 19 heavy (non-hydrogen) atoms. The number of benzene rings is 1. The monoisotopic (exact) mass is 281 g/mol. The van der Waals surface area contributed by atoms with Crippen molar-refractivity contribution in [1.82, 2.24) is 10.9 Å². The van der Waals surface area contributed by atoms with E-state index in [0.29, 0.717) is 6.54 Å². The van der Waals surface area contributed by atoms with Gasteiger partial charge in [0.15, 0.2) is 0 Å². The molecule has 2 aliphatic rings. The predicted octanol–water partition coefficient (Wildman–Crippen LogP) is 0.632. The Hall–Kier alpha value is -1.11. The molecule has 2 N–H and O–H groups in total. The number of hydrogen-bond donors (Lipinski definition) is 2. The first-order valence-electron chi connectivity index (χ1n) is 6.62. The third-order valence-corrected chi connectivity index (χ3v) is 6.52. The number of nitrogens with zero attached hydrogens (tertiary/aromatic N) is 1. The standard InChI is InChI=1S/C13H19N3O2S/c1-9-13(10(2)15-14-9)19(17,18)16-8-7-11-5-3-4-6-12(11)16/h3-6,9-10,13-15H,7-8H2,1-2H3. The molecule has 1 fully saturated rings. The number of hydrazine groups is 1. The highest BCUT2D eigenvalue weighted by molar-refractivity contribution is 7.93. The zero-order valence-corrected chi connectivity index (χ0v) is 11.9. The fourth-order valence-corrected chi connectivity index (χ4v) is 5.36. The Bertz CT molecular complexity index is 577. The summed E-state index contributed by atoms with van der Waals surface area (Å²) in [6.45, 7) is 4.36. The van der Waals surface area contributed by atoms with Crippen LogP contribution in [0.15, 0.2) is 24.3 Å². The molecule has 2 unspecified atom stereocenters. The van der Waals surface area contributed by atoms with Gasteiger partial charge in [-0.1, -0.05) is 18.2 Å². The maximum Gasteiger partial charge on any atom is 0.241 e. The van der Waals surface area contributed by atoms with E-state index in [1.165, 1.54) is 0 Å². The van der Waals surface area contributed by atoms with E-state index < -0.39 is 15.3 Å². The minimum Gasteiger partial charge on any atom is -0.269 e. The quantitative estimate of drug-likeness (QED) is 0.835. The van der Waals surface area contributed by atoms with E-state index in [4.69, 9.17) is 0 Å². The van der Waals surface area contributed by atoms with Gasteiger partial charge in [0, 0.05) is 18.6 Å². The largest absolute Gasteiger partial charge is 0.269 e. The molecule has 0 spiro atoms. The minimum atomic E-state index is -3.34. The molecule has 2 aliphatic heterocycles. The summed E-state index contributed by atoms with van der Waals surface area (Å²) in [5.74, 6) is 0. The number of anilines is 1. The second-order valence-corrected chi connectivity index (χ2v) is 7.34. The first kappa shape index (κ1) is 12.9. The average Bonchev–Trinajstić information content (AvgIpc) is 2.93. The summed E-state index contributed by atoms with van der Waals surface area (Å²) >= 11 is 0. The van der Waals surface area contributed by atoms with Crippen LogP contribution in [0.5, 0.6) is 0 Å². The number of nitrogens with one attached hydrogen (secondary N) is 2. The number of hydrogen-bond acceptors (Lipinski definition) is 4. The Morgan fingerprint density at radius 3 is 2.47 bits per heavy atom. The molecule has 2 atom stereocenters. The molecule has 1 aromatic carbocycles. The van der Waals surface area contributed by atoms with Gasteiger partial charge in [-0.15, -0.1) is 0 Å². The fourth-order valence-electron chi connectivity index (χ4n) is 3.10. The molecule has 1 saturated heterocycles. The van der Waals surface area contributed by atoms with Crippen LogP contribution in [0.1, 0.15) is 19.4 Å². The SMILES string of the molecule is CC1NNC(C)C1S(=O)(=O)N1CCc2ccccc21. The van der Waals surface area contributed by atoms with Crippen LogP contribution in [0.25, 0.3) is 0 Å². The van der Waals surface area contributed by atoms with E-state index in [9.17, 15) is 8.42 Å². The van der Waals surface area contributed by atoms with Crippen LogP contribution in [0.4, 0.5) is 5.69 Å². The maximum atomic E-state index is 12.9. The second kappa shape index (κ2) is 4.47. The lowest BCUT2D eigenvalue weighted by atomic mass is 10.2. The van der Waals surface area contributed by atoms with E-state index in [1.54, 1.807) is 4.31 Å². The highest BCUT2D eigenvalue weighted by Gasteiger charge is 2.44. The van der Waals surface area contributed by atoms with Crippen LogP contribution in [0.3, 0.4) is 0 Å². The van der Waals surface area contributed by atoms with Crippen LogP contribution >= 0.6 is 0 Å². The first-order chi connectivity index (χ1) is 9.01. The molecule has 0 amide bonds. The highest BCUT2D eigenvalue weighted by Crippen LogP contribution is 2.33. The number of sulfonamides is 1. The van der Waals surface area contributed by atoms with Crippen LogP contribution in [0, 0.1) is 0 Å². The van der Waals surface area contributed by atoms with Gasteiger partial charge in [0.2, 0.25) is 10.0 Å². The summed E-state index contributed by atoms with van der Waals surface area (Å²) in [5.41, 5.74) is 7.99. The van der Waals surface area contributed by atoms with Crippen LogP contribution in [0.2, 0.25) is 0 Å². The molecule has 5 nitrogen and oxygen atoms in total. The van der Waals surface area contributed by atoms with Crippen LogP contribution in [-0.4, -0.2) is 32.3 Å². The molecule has 0 radical (unpaired) electrons. The molecule has 3 rings (SSSR count). The van der Waals surface area contributed by atoms with Gasteiger partial charge in [-0.05, 0) is 31.9 Å². The lowest BCUT2D eigenvalue weighted by Crippen LogP contribution is -2.46. The van der Waals surface area contributed by atoms with Crippen molar-refractivity contribution in [3.05, 3.63) is 29.8 Å². The topological polar surface area (TPSA) is 61.4 Å². The van der Waals surface area contributed by atoms with Crippen molar-refractivity contribution < 1.29 is 8.42 Å².